The molecule has 5 rings (SSSR count). The zero-order valence-electron chi connectivity index (χ0n) is 18.9. The second-order valence-electron chi connectivity index (χ2n) is 8.22. The molecule has 1 heterocycles. The van der Waals surface area contributed by atoms with Gasteiger partial charge in [0.2, 0.25) is 5.91 Å². The fourth-order valence-electron chi connectivity index (χ4n) is 4.01. The molecule has 0 aliphatic heterocycles. The lowest BCUT2D eigenvalue weighted by molar-refractivity contribution is -0.115. The summed E-state index contributed by atoms with van der Waals surface area (Å²) in [5.74, 6) is -0.0350. The van der Waals surface area contributed by atoms with Gasteiger partial charge in [-0.05, 0) is 59.7 Å². The predicted octanol–water partition coefficient (Wildman–Crippen LogP) is 7.12. The summed E-state index contributed by atoms with van der Waals surface area (Å²) in [5, 5.41) is 9.87. The van der Waals surface area contributed by atoms with Gasteiger partial charge < -0.3 is 10.6 Å². The molecule has 5 aromatic rings. The zero-order valence-corrected chi connectivity index (χ0v) is 19.7. The van der Waals surface area contributed by atoms with E-state index in [1.165, 1.54) is 16.3 Å². The third-order valence-electron chi connectivity index (χ3n) is 5.71. The molecule has 0 saturated carbocycles. The highest BCUT2D eigenvalue weighted by Gasteiger charge is 2.13. The van der Waals surface area contributed by atoms with Crippen LogP contribution in [0.4, 0.5) is 17.1 Å². The van der Waals surface area contributed by atoms with Gasteiger partial charge in [-0.3, -0.25) is 4.79 Å². The molecule has 2 N–H and O–H groups in total. The number of anilines is 3. The maximum absolute atomic E-state index is 12.7. The van der Waals surface area contributed by atoms with Crippen LogP contribution in [-0.4, -0.2) is 10.9 Å². The molecular weight excluding hydrogens is 438 g/mol. The smallest absolute Gasteiger partial charge is 0.229 e. The molecule has 0 unspecified atom stereocenters. The summed E-state index contributed by atoms with van der Waals surface area (Å²) < 4.78 is 0. The first-order valence-electron chi connectivity index (χ1n) is 11.3. The minimum atomic E-state index is -0.0350. The normalized spacial score (nSPS) is 10.9. The second kappa shape index (κ2) is 9.89. The van der Waals surface area contributed by atoms with Crippen molar-refractivity contribution in [3.05, 3.63) is 118 Å². The van der Waals surface area contributed by atoms with Crippen LogP contribution < -0.4 is 10.6 Å². The molecule has 0 aliphatic carbocycles. The Hall–Kier alpha value is -3.96. The quantitative estimate of drug-likeness (QED) is 0.270. The number of nitrogens with zero attached hydrogens (tertiary/aromatic N) is 1. The lowest BCUT2D eigenvalue weighted by Crippen LogP contribution is -2.14. The van der Waals surface area contributed by atoms with E-state index in [9.17, 15) is 4.79 Å². The van der Waals surface area contributed by atoms with Crippen LogP contribution in [0.25, 0.3) is 10.8 Å². The summed E-state index contributed by atoms with van der Waals surface area (Å²) in [5.41, 5.74) is 4.96. The largest absolute Gasteiger partial charge is 0.356 e. The van der Waals surface area contributed by atoms with Crippen molar-refractivity contribution in [2.24, 2.45) is 0 Å². The summed E-state index contributed by atoms with van der Waals surface area (Å²) in [6.07, 6.45) is 1.09. The molecule has 0 fully saturated rings. The number of fused-ring (bicyclic) bond motifs is 1. The molecule has 0 radical (unpaired) electrons. The molecule has 0 saturated heterocycles. The summed E-state index contributed by atoms with van der Waals surface area (Å²) in [7, 11) is 0. The number of carbonyl (C=O) groups excluding carboxylic acids is 1. The van der Waals surface area contributed by atoms with Gasteiger partial charge in [0.05, 0.1) is 17.1 Å². The van der Waals surface area contributed by atoms with Crippen LogP contribution in [0.1, 0.15) is 21.1 Å². The van der Waals surface area contributed by atoms with E-state index in [1.807, 2.05) is 61.5 Å². The van der Waals surface area contributed by atoms with Crippen LogP contribution in [0.2, 0.25) is 0 Å². The van der Waals surface area contributed by atoms with E-state index in [-0.39, 0.29) is 5.91 Å². The number of nitrogens with one attached hydrogen (secondary N) is 2. The van der Waals surface area contributed by atoms with E-state index in [4.69, 9.17) is 4.98 Å². The van der Waals surface area contributed by atoms with Gasteiger partial charge in [-0.1, -0.05) is 60.7 Å². The van der Waals surface area contributed by atoms with Crippen molar-refractivity contribution in [1.82, 2.24) is 4.98 Å². The van der Waals surface area contributed by atoms with Crippen molar-refractivity contribution in [3.63, 3.8) is 0 Å². The number of amides is 1. The average Bonchev–Trinajstić information content (AvgIpc) is 3.19. The van der Waals surface area contributed by atoms with E-state index in [1.54, 1.807) is 11.3 Å². The molecule has 0 aliphatic rings. The second-order valence-corrected chi connectivity index (χ2v) is 9.39. The maximum atomic E-state index is 12.7. The average molecular weight is 464 g/mol. The standard InChI is InChI=1S/C29H25N3OS/c1-20-27(34-29(30-20)18-22-10-7-9-21-8-5-6-13-26(21)22)19-28(33)32-25-16-14-24(15-17-25)31-23-11-3-2-4-12-23/h2-17,31H,18-19H2,1H3,(H,32,33). The molecule has 168 valence electrons. The van der Waals surface area contributed by atoms with Crippen molar-refractivity contribution in [1.29, 1.82) is 0 Å². The van der Waals surface area contributed by atoms with Gasteiger partial charge in [-0.15, -0.1) is 11.3 Å². The number of aromatic nitrogens is 1. The lowest BCUT2D eigenvalue weighted by atomic mass is 10.0. The summed E-state index contributed by atoms with van der Waals surface area (Å²) in [4.78, 5) is 18.5. The molecule has 1 amide bonds. The number of carbonyl (C=O) groups is 1. The predicted molar refractivity (Wildman–Crippen MR) is 142 cm³/mol. The van der Waals surface area contributed by atoms with Gasteiger partial charge >= 0.3 is 0 Å². The van der Waals surface area contributed by atoms with Gasteiger partial charge in [0.25, 0.3) is 0 Å². The summed E-state index contributed by atoms with van der Waals surface area (Å²) in [6.45, 7) is 1.98. The fraction of sp³-hybridized carbons (Fsp3) is 0.103. The molecule has 0 bridgehead atoms. The highest BCUT2D eigenvalue weighted by Crippen LogP contribution is 2.26. The number of benzene rings is 4. The van der Waals surface area contributed by atoms with Crippen molar-refractivity contribution < 1.29 is 4.79 Å². The Morgan fingerprint density at radius 3 is 2.29 bits per heavy atom. The molecule has 4 aromatic carbocycles. The van der Waals surface area contributed by atoms with Gasteiger partial charge in [-0.25, -0.2) is 4.98 Å². The summed E-state index contributed by atoms with van der Waals surface area (Å²) >= 11 is 1.62. The molecular formula is C29H25N3OS. The number of para-hydroxylation sites is 1. The molecule has 4 nitrogen and oxygen atoms in total. The monoisotopic (exact) mass is 463 g/mol. The number of aryl methyl sites for hydroxylation is 1. The van der Waals surface area contributed by atoms with Crippen LogP contribution >= 0.6 is 11.3 Å². The molecule has 34 heavy (non-hydrogen) atoms. The van der Waals surface area contributed by atoms with Crippen LogP contribution in [-0.2, 0) is 17.6 Å². The minimum Gasteiger partial charge on any atom is -0.356 e. The zero-order chi connectivity index (χ0) is 23.3. The Balaban J connectivity index is 1.22. The van der Waals surface area contributed by atoms with E-state index in [0.717, 1.165) is 39.1 Å². The van der Waals surface area contributed by atoms with E-state index >= 15 is 0 Å². The lowest BCUT2D eigenvalue weighted by Gasteiger charge is -2.08. The van der Waals surface area contributed by atoms with Crippen LogP contribution in [0.5, 0.6) is 0 Å². The maximum Gasteiger partial charge on any atom is 0.229 e. The van der Waals surface area contributed by atoms with Crippen molar-refractivity contribution in [2.45, 2.75) is 19.8 Å². The Kier molecular flexibility index (Phi) is 6.36. The van der Waals surface area contributed by atoms with Gasteiger partial charge in [0.15, 0.2) is 0 Å². The number of hydrogen-bond acceptors (Lipinski definition) is 4. The first-order valence-corrected chi connectivity index (χ1v) is 12.1. The van der Waals surface area contributed by atoms with Crippen LogP contribution in [0, 0.1) is 6.92 Å². The fourth-order valence-corrected chi connectivity index (χ4v) is 5.10. The first kappa shape index (κ1) is 21.9. The van der Waals surface area contributed by atoms with Crippen LogP contribution in [0.15, 0.2) is 97.1 Å². The van der Waals surface area contributed by atoms with Gasteiger partial charge in [-0.2, -0.15) is 0 Å². The Labute approximate surface area is 203 Å². The molecule has 5 heteroatoms. The highest BCUT2D eigenvalue weighted by atomic mass is 32.1. The van der Waals surface area contributed by atoms with E-state index in [2.05, 4.69) is 53.1 Å². The van der Waals surface area contributed by atoms with Crippen molar-refractivity contribution in [2.75, 3.05) is 10.6 Å². The topological polar surface area (TPSA) is 54.0 Å². The molecule has 0 spiro atoms. The van der Waals surface area contributed by atoms with E-state index < -0.39 is 0 Å². The highest BCUT2D eigenvalue weighted by molar-refractivity contribution is 7.11. The van der Waals surface area contributed by atoms with Gasteiger partial charge in [0.1, 0.15) is 0 Å². The number of thiazole rings is 1. The first-order chi connectivity index (χ1) is 16.6. The van der Waals surface area contributed by atoms with Crippen molar-refractivity contribution in [3.8, 4) is 0 Å². The Morgan fingerprint density at radius 1 is 0.794 bits per heavy atom. The van der Waals surface area contributed by atoms with Crippen molar-refractivity contribution >= 4 is 45.1 Å². The number of rotatable bonds is 7. The SMILES string of the molecule is Cc1nc(Cc2cccc3ccccc23)sc1CC(=O)Nc1ccc(Nc2ccccc2)cc1. The summed E-state index contributed by atoms with van der Waals surface area (Å²) in [6, 6.07) is 32.5. The Morgan fingerprint density at radius 2 is 1.47 bits per heavy atom. The third kappa shape index (κ3) is 5.16. The van der Waals surface area contributed by atoms with Crippen LogP contribution in [0.3, 0.4) is 0 Å². The van der Waals surface area contributed by atoms with Gasteiger partial charge in [0, 0.05) is 28.4 Å². The third-order valence-corrected chi connectivity index (χ3v) is 6.87. The minimum absolute atomic E-state index is 0.0350. The molecule has 1 aromatic heterocycles. The number of hydrogen-bond donors (Lipinski definition) is 2. The molecule has 0 atom stereocenters. The van der Waals surface area contributed by atoms with E-state index in [0.29, 0.717) is 6.42 Å². The Bertz CT molecular complexity index is 1420.